The second-order valence-corrected chi connectivity index (χ2v) is 9.40. The van der Waals surface area contributed by atoms with E-state index in [1.807, 2.05) is 38.1 Å². The molecule has 0 radical (unpaired) electrons. The zero-order valence-corrected chi connectivity index (χ0v) is 22.9. The molecule has 2 aromatic heterocycles. The van der Waals surface area contributed by atoms with Crippen molar-refractivity contribution in [2.24, 2.45) is 5.10 Å². The zero-order chi connectivity index (χ0) is 28.8. The lowest BCUT2D eigenvalue weighted by Gasteiger charge is -2.10. The van der Waals surface area contributed by atoms with E-state index >= 15 is 0 Å². The molecule has 4 aromatic rings. The number of hydrazone groups is 1. The maximum absolute atomic E-state index is 12.5. The van der Waals surface area contributed by atoms with Gasteiger partial charge in [-0.25, -0.2) is 10.2 Å². The Balaban J connectivity index is 1.37. The number of hydrogen-bond donors (Lipinski definition) is 2. The van der Waals surface area contributed by atoms with Crippen LogP contribution in [0.4, 0.5) is 5.69 Å². The van der Waals surface area contributed by atoms with E-state index in [1.165, 1.54) is 12.1 Å². The van der Waals surface area contributed by atoms with Crippen molar-refractivity contribution in [3.05, 3.63) is 104 Å². The molecule has 0 fully saturated rings. The summed E-state index contributed by atoms with van der Waals surface area (Å²) < 4.78 is 18.9. The van der Waals surface area contributed by atoms with E-state index < -0.39 is 29.1 Å². The number of rotatable bonds is 11. The number of amides is 1. The first-order valence-electron chi connectivity index (χ1n) is 11.7. The van der Waals surface area contributed by atoms with Crippen molar-refractivity contribution in [1.29, 1.82) is 0 Å². The van der Waals surface area contributed by atoms with Crippen LogP contribution >= 0.6 is 15.9 Å². The van der Waals surface area contributed by atoms with E-state index in [-0.39, 0.29) is 23.7 Å². The van der Waals surface area contributed by atoms with Gasteiger partial charge in [0.15, 0.2) is 12.4 Å². The van der Waals surface area contributed by atoms with Gasteiger partial charge in [0, 0.05) is 33.2 Å². The largest absolute Gasteiger partial charge is 0.486 e. The number of aromatic nitrogens is 1. The van der Waals surface area contributed by atoms with Crippen LogP contribution in [0.1, 0.15) is 33.3 Å². The van der Waals surface area contributed by atoms with Gasteiger partial charge in [-0.1, -0.05) is 15.9 Å². The molecule has 12 nitrogen and oxygen atoms in total. The van der Waals surface area contributed by atoms with Gasteiger partial charge in [-0.05, 0) is 68.4 Å². The van der Waals surface area contributed by atoms with Crippen LogP contribution < -0.4 is 14.9 Å². The Morgan fingerprint density at radius 2 is 1.80 bits per heavy atom. The second kappa shape index (κ2) is 12.3. The second-order valence-electron chi connectivity index (χ2n) is 8.48. The van der Waals surface area contributed by atoms with E-state index in [1.54, 1.807) is 6.07 Å². The third-order valence-corrected chi connectivity index (χ3v) is 6.06. The number of nitrogens with one attached hydrogen (secondary N) is 1. The van der Waals surface area contributed by atoms with E-state index in [0.717, 1.165) is 29.4 Å². The molecular weight excluding hydrogens is 588 g/mol. The normalized spacial score (nSPS) is 11.0. The highest BCUT2D eigenvalue weighted by Crippen LogP contribution is 2.34. The van der Waals surface area contributed by atoms with Gasteiger partial charge in [-0.2, -0.15) is 5.10 Å². The Hall–Kier alpha value is -4.91. The number of ether oxygens (including phenoxy) is 2. The van der Waals surface area contributed by atoms with Crippen LogP contribution in [0.2, 0.25) is 0 Å². The Kier molecular flexibility index (Phi) is 8.64. The van der Waals surface area contributed by atoms with Crippen LogP contribution in [-0.4, -0.2) is 39.3 Å². The monoisotopic (exact) mass is 610 g/mol. The maximum Gasteiger partial charge on any atom is 0.341 e. The summed E-state index contributed by atoms with van der Waals surface area (Å²) in [4.78, 5) is 34.0. The van der Waals surface area contributed by atoms with Gasteiger partial charge >= 0.3 is 17.6 Å². The number of carboxylic acids is 1. The summed E-state index contributed by atoms with van der Waals surface area (Å²) in [6, 6.07) is 17.3. The summed E-state index contributed by atoms with van der Waals surface area (Å²) in [6.45, 7) is 3.36. The van der Waals surface area contributed by atoms with Gasteiger partial charge in [0.1, 0.15) is 18.1 Å². The van der Waals surface area contributed by atoms with Crippen LogP contribution in [0.25, 0.3) is 5.69 Å². The molecule has 0 saturated heterocycles. The lowest BCUT2D eigenvalue weighted by Crippen LogP contribution is -2.17. The third-order valence-electron chi connectivity index (χ3n) is 5.60. The molecule has 2 N–H and O–H groups in total. The molecule has 0 aliphatic heterocycles. The average molecular weight is 611 g/mol. The molecule has 0 aliphatic rings. The van der Waals surface area contributed by atoms with E-state index in [9.17, 15) is 19.7 Å². The predicted octanol–water partition coefficient (Wildman–Crippen LogP) is 5.16. The van der Waals surface area contributed by atoms with E-state index in [0.29, 0.717) is 16.0 Å². The highest BCUT2D eigenvalue weighted by Gasteiger charge is 2.21. The number of aryl methyl sites for hydroxylation is 2. The van der Waals surface area contributed by atoms with Gasteiger partial charge in [0.2, 0.25) is 5.75 Å². The number of nitro benzene ring substituents is 1. The number of furan rings is 1. The number of halogens is 1. The third kappa shape index (κ3) is 6.74. The van der Waals surface area contributed by atoms with Gasteiger partial charge in [-0.3, -0.25) is 14.9 Å². The molecule has 0 saturated carbocycles. The molecule has 206 valence electrons. The molecule has 0 unspecified atom stereocenters. The first kappa shape index (κ1) is 28.1. The Morgan fingerprint density at radius 3 is 2.45 bits per heavy atom. The quantitative estimate of drug-likeness (QED) is 0.134. The van der Waals surface area contributed by atoms with E-state index in [2.05, 4.69) is 43.2 Å². The number of aliphatic carboxylic acids is 1. The number of carbonyl (C=O) groups is 2. The minimum absolute atomic E-state index is 0.0350. The van der Waals surface area contributed by atoms with Crippen LogP contribution in [0, 0.1) is 24.0 Å². The molecule has 0 atom stereocenters. The highest BCUT2D eigenvalue weighted by atomic mass is 79.9. The fourth-order valence-electron chi connectivity index (χ4n) is 3.84. The number of benzene rings is 2. The Labute approximate surface area is 236 Å². The molecule has 40 heavy (non-hydrogen) atoms. The SMILES string of the molecule is Cc1ccc(C)n1-c1ccc(OCc2ccc(C(=O)N/N=C/c3cc(Br)cc([N+](=O)[O-])c3OCC(=O)O)o2)cc1. The van der Waals surface area contributed by atoms with Crippen LogP contribution in [0.15, 0.2) is 74.7 Å². The topological polar surface area (TPSA) is 158 Å². The van der Waals surface area contributed by atoms with Crippen LogP contribution in [-0.2, 0) is 11.4 Å². The fraction of sp³-hybridized carbons (Fsp3) is 0.148. The molecular formula is C27H23BrN4O8. The lowest BCUT2D eigenvalue weighted by molar-refractivity contribution is -0.385. The van der Waals surface area contributed by atoms with Gasteiger partial charge in [0.25, 0.3) is 0 Å². The molecule has 1 amide bonds. The van der Waals surface area contributed by atoms with Crippen molar-refractivity contribution >= 4 is 39.7 Å². The number of hydrogen-bond acceptors (Lipinski definition) is 8. The molecule has 0 aliphatic carbocycles. The lowest BCUT2D eigenvalue weighted by atomic mass is 10.2. The molecule has 0 bridgehead atoms. The van der Waals surface area contributed by atoms with Gasteiger partial charge in [-0.15, -0.1) is 0 Å². The Morgan fingerprint density at radius 1 is 1.10 bits per heavy atom. The maximum atomic E-state index is 12.5. The predicted molar refractivity (Wildman–Crippen MR) is 147 cm³/mol. The number of nitrogens with zero attached hydrogens (tertiary/aromatic N) is 3. The smallest absolute Gasteiger partial charge is 0.341 e. The van der Waals surface area contributed by atoms with Crippen molar-refractivity contribution < 1.29 is 33.5 Å². The molecule has 4 rings (SSSR count). The standard InChI is InChI=1S/C27H23BrN4O8/c1-16-3-4-17(2)31(16)20-5-7-21(8-6-20)38-14-22-9-10-24(40-22)27(35)30-29-13-18-11-19(28)12-23(32(36)37)26(18)39-15-25(33)34/h3-13H,14-15H2,1-2H3,(H,30,35)(H,33,34)/b29-13+. The molecule has 2 aromatic carbocycles. The van der Waals surface area contributed by atoms with Crippen molar-refractivity contribution in [2.75, 3.05) is 6.61 Å². The first-order valence-corrected chi connectivity index (χ1v) is 12.5. The zero-order valence-electron chi connectivity index (χ0n) is 21.3. The molecule has 13 heteroatoms. The first-order chi connectivity index (χ1) is 19.1. The summed E-state index contributed by atoms with van der Waals surface area (Å²) in [7, 11) is 0. The van der Waals surface area contributed by atoms with Crippen molar-refractivity contribution in [3.8, 4) is 17.2 Å². The number of carbonyl (C=O) groups excluding carboxylic acids is 1. The molecule has 0 spiro atoms. The molecule has 2 heterocycles. The number of carboxylic acid groups (broad SMARTS) is 1. The van der Waals surface area contributed by atoms with Crippen LogP contribution in [0.3, 0.4) is 0 Å². The summed E-state index contributed by atoms with van der Waals surface area (Å²) in [5, 5.41) is 24.1. The van der Waals surface area contributed by atoms with Crippen molar-refractivity contribution in [1.82, 2.24) is 9.99 Å². The van der Waals surface area contributed by atoms with Crippen molar-refractivity contribution in [2.45, 2.75) is 20.5 Å². The van der Waals surface area contributed by atoms with Crippen LogP contribution in [0.5, 0.6) is 11.5 Å². The summed E-state index contributed by atoms with van der Waals surface area (Å²) in [5.74, 6) is -1.30. The summed E-state index contributed by atoms with van der Waals surface area (Å²) in [5.41, 5.74) is 5.13. The van der Waals surface area contributed by atoms with Crippen molar-refractivity contribution in [3.63, 3.8) is 0 Å². The fourth-order valence-corrected chi connectivity index (χ4v) is 4.30. The summed E-state index contributed by atoms with van der Waals surface area (Å²) in [6.07, 6.45) is 1.10. The minimum atomic E-state index is -1.31. The highest BCUT2D eigenvalue weighted by molar-refractivity contribution is 9.10. The van der Waals surface area contributed by atoms with Gasteiger partial charge < -0.3 is 23.6 Å². The average Bonchev–Trinajstić information content (AvgIpc) is 3.52. The Bertz CT molecular complexity index is 1570. The minimum Gasteiger partial charge on any atom is -0.486 e. The summed E-state index contributed by atoms with van der Waals surface area (Å²) >= 11 is 3.15. The number of nitro groups is 1. The van der Waals surface area contributed by atoms with Gasteiger partial charge in [0.05, 0.1) is 11.1 Å². The van der Waals surface area contributed by atoms with E-state index in [4.69, 9.17) is 19.0 Å².